The van der Waals surface area contributed by atoms with Crippen LogP contribution in [0, 0.1) is 23.2 Å². The lowest BCUT2D eigenvalue weighted by Gasteiger charge is -2.36. The molecule has 4 atom stereocenters. The Bertz CT molecular complexity index is 376. The molecule has 2 fully saturated rings. The van der Waals surface area contributed by atoms with Crippen molar-refractivity contribution in [2.24, 2.45) is 23.2 Å². The SMILES string of the molecule is CCOC(=O)[C@H](C)[C@H]1CC[C@]2(C)CCCCCC(=O)[C@H]12. The fourth-order valence-corrected chi connectivity index (χ4v) is 4.39. The highest BCUT2D eigenvalue weighted by molar-refractivity contribution is 5.83. The van der Waals surface area contributed by atoms with Crippen LogP contribution in [0.5, 0.6) is 0 Å². The van der Waals surface area contributed by atoms with Crippen molar-refractivity contribution in [3.63, 3.8) is 0 Å². The maximum atomic E-state index is 12.6. The molecule has 114 valence electrons. The molecule has 0 aliphatic heterocycles. The number of fused-ring (bicyclic) bond motifs is 1. The molecule has 20 heavy (non-hydrogen) atoms. The molecule has 0 bridgehead atoms. The summed E-state index contributed by atoms with van der Waals surface area (Å²) in [5.41, 5.74) is 0.114. The topological polar surface area (TPSA) is 43.4 Å². The molecule has 0 unspecified atom stereocenters. The lowest BCUT2D eigenvalue weighted by Crippen LogP contribution is -2.37. The van der Waals surface area contributed by atoms with Crippen LogP contribution in [0.2, 0.25) is 0 Å². The van der Waals surface area contributed by atoms with Gasteiger partial charge in [0.15, 0.2) is 0 Å². The predicted molar refractivity (Wildman–Crippen MR) is 78.2 cm³/mol. The molecule has 2 aliphatic rings. The normalized spacial score (nSPS) is 35.9. The van der Waals surface area contributed by atoms with Crippen molar-refractivity contribution in [2.45, 2.75) is 65.7 Å². The van der Waals surface area contributed by atoms with E-state index in [2.05, 4.69) is 6.92 Å². The van der Waals surface area contributed by atoms with Crippen molar-refractivity contribution in [2.75, 3.05) is 6.61 Å². The molecule has 0 N–H and O–H groups in total. The summed E-state index contributed by atoms with van der Waals surface area (Å²) in [5.74, 6) is 0.375. The Balaban J connectivity index is 2.18. The molecule has 0 heterocycles. The Labute approximate surface area is 122 Å². The predicted octanol–water partition coefficient (Wildman–Crippen LogP) is 3.75. The van der Waals surface area contributed by atoms with Crippen LogP contribution >= 0.6 is 0 Å². The highest BCUT2D eigenvalue weighted by Crippen LogP contribution is 2.54. The largest absolute Gasteiger partial charge is 0.466 e. The first-order chi connectivity index (χ1) is 9.49. The number of ether oxygens (including phenoxy) is 1. The number of ketones is 1. The number of carbonyl (C=O) groups is 2. The van der Waals surface area contributed by atoms with E-state index in [0.29, 0.717) is 18.8 Å². The molecule has 0 amide bonds. The van der Waals surface area contributed by atoms with Gasteiger partial charge in [-0.2, -0.15) is 0 Å². The van der Waals surface area contributed by atoms with Crippen molar-refractivity contribution in [3.8, 4) is 0 Å². The maximum Gasteiger partial charge on any atom is 0.308 e. The Morgan fingerprint density at radius 3 is 2.80 bits per heavy atom. The second kappa shape index (κ2) is 6.28. The number of esters is 1. The van der Waals surface area contributed by atoms with Gasteiger partial charge >= 0.3 is 5.97 Å². The van der Waals surface area contributed by atoms with Crippen LogP contribution in [-0.4, -0.2) is 18.4 Å². The van der Waals surface area contributed by atoms with Gasteiger partial charge in [0, 0.05) is 12.3 Å². The minimum Gasteiger partial charge on any atom is -0.466 e. The standard InChI is InChI=1S/C17H28O3/c1-4-20-16(19)12(2)13-9-11-17(3)10-7-5-6-8-14(18)15(13)17/h12-13,15H,4-11H2,1-3H3/t12-,13-,15+,17+/m1/s1. The van der Waals surface area contributed by atoms with Crippen molar-refractivity contribution < 1.29 is 14.3 Å². The summed E-state index contributed by atoms with van der Waals surface area (Å²) >= 11 is 0. The third kappa shape index (κ3) is 2.91. The molecule has 0 aromatic rings. The zero-order valence-corrected chi connectivity index (χ0v) is 13.1. The maximum absolute atomic E-state index is 12.6. The highest BCUT2D eigenvalue weighted by Gasteiger charge is 2.51. The zero-order valence-electron chi connectivity index (χ0n) is 13.1. The van der Waals surface area contributed by atoms with Gasteiger partial charge in [-0.05, 0) is 43.9 Å². The molecular formula is C17H28O3. The Kier molecular flexibility index (Phi) is 4.87. The first kappa shape index (κ1) is 15.5. The van der Waals surface area contributed by atoms with Crippen LogP contribution in [0.15, 0.2) is 0 Å². The number of hydrogen-bond acceptors (Lipinski definition) is 3. The number of hydrogen-bond donors (Lipinski definition) is 0. The molecule has 0 aromatic carbocycles. The lowest BCUT2D eigenvalue weighted by molar-refractivity contribution is -0.150. The number of Topliss-reactive ketones (excluding diaryl/α,β-unsaturated/α-hetero) is 1. The minimum absolute atomic E-state index is 0.0715. The zero-order chi connectivity index (χ0) is 14.8. The van der Waals surface area contributed by atoms with E-state index >= 15 is 0 Å². The van der Waals surface area contributed by atoms with Crippen LogP contribution in [0.1, 0.15) is 65.7 Å². The molecule has 3 heteroatoms. The van der Waals surface area contributed by atoms with Gasteiger partial charge < -0.3 is 4.74 Å². The third-order valence-electron chi connectivity index (χ3n) is 5.55. The summed E-state index contributed by atoms with van der Waals surface area (Å²) in [6.07, 6.45) is 7.32. The molecule has 0 aromatic heterocycles. The summed E-state index contributed by atoms with van der Waals surface area (Å²) in [7, 11) is 0. The molecular weight excluding hydrogens is 252 g/mol. The second-order valence-electron chi connectivity index (χ2n) is 6.90. The van der Waals surface area contributed by atoms with Crippen LogP contribution in [0.4, 0.5) is 0 Å². The van der Waals surface area contributed by atoms with E-state index in [4.69, 9.17) is 4.74 Å². The van der Waals surface area contributed by atoms with Gasteiger partial charge in [-0.25, -0.2) is 0 Å². The second-order valence-corrected chi connectivity index (χ2v) is 6.90. The summed E-state index contributed by atoms with van der Waals surface area (Å²) in [6, 6.07) is 0. The number of carbonyl (C=O) groups excluding carboxylic acids is 2. The van der Waals surface area contributed by atoms with E-state index in [9.17, 15) is 9.59 Å². The monoisotopic (exact) mass is 280 g/mol. The van der Waals surface area contributed by atoms with Crippen molar-refractivity contribution >= 4 is 11.8 Å². The lowest BCUT2D eigenvalue weighted by atomic mass is 9.67. The molecule has 0 radical (unpaired) electrons. The minimum atomic E-state index is -0.148. The summed E-state index contributed by atoms with van der Waals surface area (Å²) in [6.45, 7) is 6.47. The molecule has 0 saturated heterocycles. The van der Waals surface area contributed by atoms with E-state index in [-0.39, 0.29) is 29.1 Å². The molecule has 2 saturated carbocycles. The van der Waals surface area contributed by atoms with E-state index in [1.54, 1.807) is 0 Å². The van der Waals surface area contributed by atoms with Gasteiger partial charge in [-0.15, -0.1) is 0 Å². The Morgan fingerprint density at radius 1 is 1.35 bits per heavy atom. The first-order valence-corrected chi connectivity index (χ1v) is 8.19. The third-order valence-corrected chi connectivity index (χ3v) is 5.55. The van der Waals surface area contributed by atoms with Gasteiger partial charge in [-0.1, -0.05) is 26.7 Å². The Morgan fingerprint density at radius 2 is 2.10 bits per heavy atom. The van der Waals surface area contributed by atoms with Gasteiger partial charge in [-0.3, -0.25) is 9.59 Å². The molecule has 2 aliphatic carbocycles. The summed E-state index contributed by atoms with van der Waals surface area (Å²) in [4.78, 5) is 24.6. The van der Waals surface area contributed by atoms with E-state index in [1.165, 1.54) is 12.8 Å². The van der Waals surface area contributed by atoms with Crippen LogP contribution in [-0.2, 0) is 14.3 Å². The summed E-state index contributed by atoms with van der Waals surface area (Å²) < 4.78 is 5.17. The van der Waals surface area contributed by atoms with E-state index in [1.807, 2.05) is 13.8 Å². The van der Waals surface area contributed by atoms with Crippen molar-refractivity contribution in [1.82, 2.24) is 0 Å². The van der Waals surface area contributed by atoms with Gasteiger partial charge in [0.05, 0.1) is 12.5 Å². The summed E-state index contributed by atoms with van der Waals surface area (Å²) in [5, 5.41) is 0. The van der Waals surface area contributed by atoms with Crippen LogP contribution in [0.25, 0.3) is 0 Å². The fraction of sp³-hybridized carbons (Fsp3) is 0.882. The molecule has 3 nitrogen and oxygen atoms in total. The molecule has 2 rings (SSSR count). The fourth-order valence-electron chi connectivity index (χ4n) is 4.39. The Hall–Kier alpha value is -0.860. The highest BCUT2D eigenvalue weighted by atomic mass is 16.5. The van der Waals surface area contributed by atoms with Gasteiger partial charge in [0.25, 0.3) is 0 Å². The van der Waals surface area contributed by atoms with E-state index < -0.39 is 0 Å². The average molecular weight is 280 g/mol. The first-order valence-electron chi connectivity index (χ1n) is 8.19. The van der Waals surface area contributed by atoms with Gasteiger partial charge in [0.2, 0.25) is 0 Å². The smallest absolute Gasteiger partial charge is 0.308 e. The quantitative estimate of drug-likeness (QED) is 0.739. The average Bonchev–Trinajstić information content (AvgIpc) is 2.73. The van der Waals surface area contributed by atoms with E-state index in [0.717, 1.165) is 25.7 Å². The van der Waals surface area contributed by atoms with Crippen molar-refractivity contribution in [3.05, 3.63) is 0 Å². The van der Waals surface area contributed by atoms with Gasteiger partial charge in [0.1, 0.15) is 5.78 Å². The van der Waals surface area contributed by atoms with Crippen molar-refractivity contribution in [1.29, 1.82) is 0 Å². The van der Waals surface area contributed by atoms with Crippen LogP contribution < -0.4 is 0 Å². The molecule has 0 spiro atoms. The number of rotatable bonds is 3. The van der Waals surface area contributed by atoms with Crippen LogP contribution in [0.3, 0.4) is 0 Å².